The zero-order valence-corrected chi connectivity index (χ0v) is 12.7. The van der Waals surface area contributed by atoms with Gasteiger partial charge in [0.15, 0.2) is 0 Å². The van der Waals surface area contributed by atoms with E-state index >= 15 is 0 Å². The van der Waals surface area contributed by atoms with Gasteiger partial charge in [0.25, 0.3) is 0 Å². The standard InChI is InChI=1S/C16H14Cl2N2O/c17-12-5-3-6-13(18)15(12)20-16(21)11-8-10-4-1-2-7-14(10)19-9-11/h1-7,11,19H,8-9H2,(H,20,21). The molecule has 1 amide bonds. The summed E-state index contributed by atoms with van der Waals surface area (Å²) in [6.45, 7) is 0.602. The maximum absolute atomic E-state index is 12.4. The lowest BCUT2D eigenvalue weighted by molar-refractivity contribution is -0.119. The van der Waals surface area contributed by atoms with Crippen LogP contribution < -0.4 is 10.6 Å². The summed E-state index contributed by atoms with van der Waals surface area (Å²) in [4.78, 5) is 12.4. The number of nitrogens with one attached hydrogen (secondary N) is 2. The quantitative estimate of drug-likeness (QED) is 0.870. The minimum atomic E-state index is -0.146. The summed E-state index contributed by atoms with van der Waals surface area (Å²) in [5.74, 6) is -0.223. The van der Waals surface area contributed by atoms with Crippen molar-refractivity contribution in [2.45, 2.75) is 6.42 Å². The smallest absolute Gasteiger partial charge is 0.229 e. The van der Waals surface area contributed by atoms with Crippen LogP contribution in [0.15, 0.2) is 42.5 Å². The molecule has 1 heterocycles. The molecule has 0 fully saturated rings. The molecule has 0 saturated carbocycles. The van der Waals surface area contributed by atoms with Crippen molar-refractivity contribution in [1.82, 2.24) is 0 Å². The van der Waals surface area contributed by atoms with Crippen LogP contribution in [0.4, 0.5) is 11.4 Å². The van der Waals surface area contributed by atoms with Crippen LogP contribution in [-0.2, 0) is 11.2 Å². The zero-order chi connectivity index (χ0) is 14.8. The van der Waals surface area contributed by atoms with E-state index in [0.29, 0.717) is 28.7 Å². The number of hydrogen-bond acceptors (Lipinski definition) is 2. The molecule has 21 heavy (non-hydrogen) atoms. The Morgan fingerprint density at radius 3 is 2.57 bits per heavy atom. The molecule has 1 aliphatic heterocycles. The molecular weight excluding hydrogens is 307 g/mol. The van der Waals surface area contributed by atoms with Gasteiger partial charge in [0, 0.05) is 12.2 Å². The van der Waals surface area contributed by atoms with Gasteiger partial charge in [-0.2, -0.15) is 0 Å². The van der Waals surface area contributed by atoms with E-state index in [2.05, 4.69) is 10.6 Å². The molecule has 2 aromatic rings. The van der Waals surface area contributed by atoms with Crippen LogP contribution in [0, 0.1) is 5.92 Å². The number of carbonyl (C=O) groups excluding carboxylic acids is 1. The third-order valence-corrected chi connectivity index (χ3v) is 4.23. The first-order valence-electron chi connectivity index (χ1n) is 6.72. The van der Waals surface area contributed by atoms with E-state index in [1.54, 1.807) is 18.2 Å². The minimum Gasteiger partial charge on any atom is -0.384 e. The van der Waals surface area contributed by atoms with E-state index < -0.39 is 0 Å². The third-order valence-electron chi connectivity index (χ3n) is 3.60. The lowest BCUT2D eigenvalue weighted by atomic mass is 9.93. The molecule has 2 N–H and O–H groups in total. The van der Waals surface area contributed by atoms with Crippen molar-refractivity contribution < 1.29 is 4.79 Å². The van der Waals surface area contributed by atoms with Gasteiger partial charge in [-0.15, -0.1) is 0 Å². The van der Waals surface area contributed by atoms with E-state index in [1.165, 1.54) is 0 Å². The van der Waals surface area contributed by atoms with Gasteiger partial charge in [-0.3, -0.25) is 4.79 Å². The normalized spacial score (nSPS) is 16.8. The molecule has 0 bridgehead atoms. The number of halogens is 2. The molecule has 1 unspecified atom stereocenters. The molecule has 0 aromatic heterocycles. The van der Waals surface area contributed by atoms with Crippen molar-refractivity contribution in [3.8, 4) is 0 Å². The van der Waals surface area contributed by atoms with E-state index in [4.69, 9.17) is 23.2 Å². The van der Waals surface area contributed by atoms with E-state index in [-0.39, 0.29) is 11.8 Å². The first-order chi connectivity index (χ1) is 10.1. The highest BCUT2D eigenvalue weighted by molar-refractivity contribution is 6.39. The van der Waals surface area contributed by atoms with Crippen LogP contribution in [0.5, 0.6) is 0 Å². The van der Waals surface area contributed by atoms with E-state index in [0.717, 1.165) is 11.3 Å². The van der Waals surface area contributed by atoms with E-state index in [1.807, 2.05) is 24.3 Å². The van der Waals surface area contributed by atoms with Gasteiger partial charge in [-0.05, 0) is 30.2 Å². The van der Waals surface area contributed by atoms with Crippen molar-refractivity contribution in [3.63, 3.8) is 0 Å². The predicted molar refractivity (Wildman–Crippen MR) is 87.2 cm³/mol. The highest BCUT2D eigenvalue weighted by Gasteiger charge is 2.25. The van der Waals surface area contributed by atoms with Gasteiger partial charge in [-0.1, -0.05) is 47.5 Å². The molecular formula is C16H14Cl2N2O. The minimum absolute atomic E-state index is 0.0768. The summed E-state index contributed by atoms with van der Waals surface area (Å²) < 4.78 is 0. The molecule has 0 radical (unpaired) electrons. The largest absolute Gasteiger partial charge is 0.384 e. The average Bonchev–Trinajstić information content (AvgIpc) is 2.50. The number of rotatable bonds is 2. The highest BCUT2D eigenvalue weighted by Crippen LogP contribution is 2.31. The maximum Gasteiger partial charge on any atom is 0.229 e. The number of benzene rings is 2. The topological polar surface area (TPSA) is 41.1 Å². The second-order valence-corrected chi connectivity index (χ2v) is 5.84. The molecule has 3 rings (SSSR count). The van der Waals surface area contributed by atoms with Crippen molar-refractivity contribution in [2.75, 3.05) is 17.2 Å². The van der Waals surface area contributed by atoms with E-state index in [9.17, 15) is 4.79 Å². The molecule has 1 aliphatic rings. The monoisotopic (exact) mass is 320 g/mol. The average molecular weight is 321 g/mol. The fraction of sp³-hybridized carbons (Fsp3) is 0.188. The summed E-state index contributed by atoms with van der Waals surface area (Å²) in [7, 11) is 0. The first kappa shape index (κ1) is 14.2. The SMILES string of the molecule is O=C(Nc1c(Cl)cccc1Cl)C1CNc2ccccc2C1. The lowest BCUT2D eigenvalue weighted by Crippen LogP contribution is -2.33. The number of anilines is 2. The Morgan fingerprint density at radius 2 is 1.81 bits per heavy atom. The molecule has 0 aliphatic carbocycles. The summed E-state index contributed by atoms with van der Waals surface area (Å²) in [6, 6.07) is 13.2. The van der Waals surface area contributed by atoms with Gasteiger partial charge >= 0.3 is 0 Å². The molecule has 5 heteroatoms. The van der Waals surface area contributed by atoms with Crippen molar-refractivity contribution in [1.29, 1.82) is 0 Å². The number of carbonyl (C=O) groups is 1. The Labute approximate surface area is 133 Å². The number of para-hydroxylation sites is 2. The zero-order valence-electron chi connectivity index (χ0n) is 11.2. The summed E-state index contributed by atoms with van der Waals surface area (Å²) in [5.41, 5.74) is 2.72. The predicted octanol–water partition coefficient (Wildman–Crippen LogP) is 4.22. The first-order valence-corrected chi connectivity index (χ1v) is 7.47. The molecule has 3 nitrogen and oxygen atoms in total. The Hall–Kier alpha value is -1.71. The van der Waals surface area contributed by atoms with Crippen LogP contribution in [-0.4, -0.2) is 12.5 Å². The fourth-order valence-electron chi connectivity index (χ4n) is 2.47. The molecule has 0 spiro atoms. The second-order valence-electron chi connectivity index (χ2n) is 5.03. The summed E-state index contributed by atoms with van der Waals surface area (Å²) in [5, 5.41) is 7.01. The number of fused-ring (bicyclic) bond motifs is 1. The number of amides is 1. The Morgan fingerprint density at radius 1 is 1.10 bits per heavy atom. The molecule has 108 valence electrons. The van der Waals surface area contributed by atoms with Gasteiger partial charge in [-0.25, -0.2) is 0 Å². The Kier molecular flexibility index (Phi) is 4.04. The second kappa shape index (κ2) is 5.96. The summed E-state index contributed by atoms with van der Waals surface area (Å²) >= 11 is 12.2. The molecule has 0 saturated heterocycles. The highest BCUT2D eigenvalue weighted by atomic mass is 35.5. The number of hydrogen-bond donors (Lipinski definition) is 2. The molecule has 2 aromatic carbocycles. The van der Waals surface area contributed by atoms with Crippen LogP contribution in [0.25, 0.3) is 0 Å². The Bertz CT molecular complexity index is 667. The lowest BCUT2D eigenvalue weighted by Gasteiger charge is -2.25. The van der Waals surface area contributed by atoms with Crippen LogP contribution in [0.2, 0.25) is 10.0 Å². The van der Waals surface area contributed by atoms with Crippen molar-refractivity contribution >= 4 is 40.5 Å². The van der Waals surface area contributed by atoms with Crippen molar-refractivity contribution in [3.05, 3.63) is 58.1 Å². The Balaban J connectivity index is 1.76. The van der Waals surface area contributed by atoms with Gasteiger partial charge in [0.05, 0.1) is 21.7 Å². The van der Waals surface area contributed by atoms with Crippen molar-refractivity contribution in [2.24, 2.45) is 5.92 Å². The van der Waals surface area contributed by atoms with Gasteiger partial charge < -0.3 is 10.6 Å². The fourth-order valence-corrected chi connectivity index (χ4v) is 2.96. The van der Waals surface area contributed by atoms with Crippen LogP contribution in [0.1, 0.15) is 5.56 Å². The van der Waals surface area contributed by atoms with Gasteiger partial charge in [0.1, 0.15) is 0 Å². The van der Waals surface area contributed by atoms with Gasteiger partial charge in [0.2, 0.25) is 5.91 Å². The third kappa shape index (κ3) is 2.99. The maximum atomic E-state index is 12.4. The molecule has 1 atom stereocenters. The summed E-state index contributed by atoms with van der Waals surface area (Å²) in [6.07, 6.45) is 0.705. The van der Waals surface area contributed by atoms with Crippen LogP contribution in [0.3, 0.4) is 0 Å². The van der Waals surface area contributed by atoms with Crippen LogP contribution >= 0.6 is 23.2 Å².